The molecule has 4 aliphatic rings. The van der Waals surface area contributed by atoms with Gasteiger partial charge in [-0.3, -0.25) is 19.2 Å². The highest BCUT2D eigenvalue weighted by Crippen LogP contribution is 2.43. The number of nitrogens with zero attached hydrogens (tertiary/aromatic N) is 1. The number of Topliss-reactive ketones (excluding diaryl/α,β-unsaturated/α-hetero) is 1. The van der Waals surface area contributed by atoms with E-state index in [-0.39, 0.29) is 53.2 Å². The molecule has 1 unspecified atom stereocenters. The molecule has 0 radical (unpaired) electrons. The highest BCUT2D eigenvalue weighted by molar-refractivity contribution is 5.94. The normalized spacial score (nSPS) is 22.6. The number of hydrogen-bond donors (Lipinski definition) is 4. The number of benzene rings is 3. The van der Waals surface area contributed by atoms with Crippen molar-refractivity contribution in [2.45, 2.75) is 160 Å². The second-order valence-electron chi connectivity index (χ2n) is 20.5. The summed E-state index contributed by atoms with van der Waals surface area (Å²) < 4.78 is 13.4. The van der Waals surface area contributed by atoms with Gasteiger partial charge in [-0.2, -0.15) is 0 Å². The fraction of sp³-hybridized carbons (Fsp3) is 0.536. The molecule has 1 aliphatic heterocycles. The number of likely N-dealkylation sites (tertiary alicyclic amines) is 1. The Morgan fingerprint density at radius 3 is 1.61 bits per heavy atom. The van der Waals surface area contributed by atoms with Crippen LogP contribution in [-0.4, -0.2) is 65.2 Å². The third-order valence-electron chi connectivity index (χ3n) is 15.9. The number of amides is 3. The standard InChI is InChI=1S/C56H71N5O6/c1-34(57)54(63)59-49(36-16-5-3-6-17-36)51(62)42-22-10-9-20-40(42)32-45-43-23-11-13-25-47(43)66-52(45)38-27-29-39(30-28-38)53-46(44-24-12-14-26-48(44)67-53)33-41-21-15-31-61(41)56(65)50(60-55(64)35(2)58)37-18-7-4-8-19-37/h11-14,23-30,34-37,40-42,49-50H,3-10,15-22,31-33,57-58H2,1-2H3,(H,59,63)(H,60,64)/t34-,35-,40-,41-,42?,49-,50-/m0/s1. The SMILES string of the molecule is C[C@H](N)C(=O)N[C@H](C(=O)C1CCCC[C@H]1Cc1c(-c2ccc(-c3oc4ccccc4c3C[C@@H]3CCCN3C(=O)[C@@H](NC(=O)[C@H](C)N)C3CCCCC3)cc2)oc2ccccc12)C1CCCCC1. The Kier molecular flexibility index (Phi) is 14.6. The van der Waals surface area contributed by atoms with Crippen LogP contribution in [0.5, 0.6) is 0 Å². The molecule has 9 rings (SSSR count). The van der Waals surface area contributed by atoms with Crippen LogP contribution in [0.3, 0.4) is 0 Å². The molecule has 7 atom stereocenters. The number of para-hydroxylation sites is 2. The molecule has 3 amide bonds. The van der Waals surface area contributed by atoms with Crippen LogP contribution in [0.1, 0.15) is 128 Å². The van der Waals surface area contributed by atoms with E-state index in [1.54, 1.807) is 13.8 Å². The molecule has 3 aromatic carbocycles. The summed E-state index contributed by atoms with van der Waals surface area (Å²) in [6, 6.07) is 22.3. The Labute approximate surface area is 395 Å². The van der Waals surface area contributed by atoms with Crippen LogP contribution < -0.4 is 22.1 Å². The van der Waals surface area contributed by atoms with E-state index in [0.29, 0.717) is 19.4 Å². The van der Waals surface area contributed by atoms with E-state index in [0.717, 1.165) is 152 Å². The number of hydrogen-bond acceptors (Lipinski definition) is 8. The predicted molar refractivity (Wildman–Crippen MR) is 264 cm³/mol. The minimum atomic E-state index is -0.690. The van der Waals surface area contributed by atoms with Gasteiger partial charge in [-0.15, -0.1) is 0 Å². The van der Waals surface area contributed by atoms with Gasteiger partial charge in [0.05, 0.1) is 18.1 Å². The van der Waals surface area contributed by atoms with Gasteiger partial charge in [0.1, 0.15) is 28.7 Å². The van der Waals surface area contributed by atoms with Crippen LogP contribution in [0.15, 0.2) is 81.6 Å². The van der Waals surface area contributed by atoms with Gasteiger partial charge in [0, 0.05) is 51.5 Å². The van der Waals surface area contributed by atoms with E-state index in [1.807, 2.05) is 35.2 Å². The first-order valence-electron chi connectivity index (χ1n) is 25.6. The Bertz CT molecular complexity index is 2530. The minimum absolute atomic E-state index is 0.00434. The van der Waals surface area contributed by atoms with E-state index in [9.17, 15) is 19.2 Å². The largest absolute Gasteiger partial charge is 0.456 e. The monoisotopic (exact) mass is 910 g/mol. The zero-order valence-electron chi connectivity index (χ0n) is 39.6. The average molecular weight is 910 g/mol. The maximum atomic E-state index is 14.8. The number of fused-ring (bicyclic) bond motifs is 2. The zero-order chi connectivity index (χ0) is 46.6. The third kappa shape index (κ3) is 10.1. The summed E-state index contributed by atoms with van der Waals surface area (Å²) in [7, 11) is 0. The van der Waals surface area contributed by atoms with Crippen LogP contribution in [-0.2, 0) is 32.0 Å². The van der Waals surface area contributed by atoms with Crippen LogP contribution in [0.2, 0.25) is 0 Å². The molecule has 3 aliphatic carbocycles. The number of furan rings is 2. The van der Waals surface area contributed by atoms with Crippen LogP contribution in [0, 0.1) is 23.7 Å². The molecule has 2 aromatic heterocycles. The molecule has 0 bridgehead atoms. The molecule has 1 saturated heterocycles. The van der Waals surface area contributed by atoms with Crippen molar-refractivity contribution in [2.75, 3.05) is 6.54 Å². The Morgan fingerprint density at radius 1 is 0.582 bits per heavy atom. The number of ketones is 1. The van der Waals surface area contributed by atoms with E-state index in [1.165, 1.54) is 6.42 Å². The molecule has 4 fully saturated rings. The van der Waals surface area contributed by atoms with Crippen molar-refractivity contribution in [2.24, 2.45) is 35.1 Å². The quantitative estimate of drug-likeness (QED) is 0.0803. The molecule has 3 heterocycles. The average Bonchev–Trinajstić information content (AvgIpc) is 4.08. The summed E-state index contributed by atoms with van der Waals surface area (Å²) in [5, 5.41) is 8.32. The third-order valence-corrected chi connectivity index (χ3v) is 15.9. The van der Waals surface area contributed by atoms with E-state index in [4.69, 9.17) is 20.3 Å². The number of carbonyl (C=O) groups excluding carboxylic acids is 4. The number of nitrogens with two attached hydrogens (primary N) is 2. The van der Waals surface area contributed by atoms with Crippen LogP contribution in [0.25, 0.3) is 44.6 Å². The van der Waals surface area contributed by atoms with Crippen molar-refractivity contribution >= 4 is 45.4 Å². The summed E-state index contributed by atoms with van der Waals surface area (Å²) >= 11 is 0. The maximum absolute atomic E-state index is 14.8. The summed E-state index contributed by atoms with van der Waals surface area (Å²) in [5.41, 5.74) is 17.7. The van der Waals surface area contributed by atoms with Gasteiger partial charge in [-0.25, -0.2) is 0 Å². The van der Waals surface area contributed by atoms with E-state index < -0.39 is 24.2 Å². The van der Waals surface area contributed by atoms with Crippen molar-refractivity contribution in [3.63, 3.8) is 0 Å². The smallest absolute Gasteiger partial charge is 0.245 e. The van der Waals surface area contributed by atoms with Gasteiger partial charge in [-0.05, 0) is 108 Å². The first kappa shape index (κ1) is 46.8. The van der Waals surface area contributed by atoms with E-state index >= 15 is 0 Å². The maximum Gasteiger partial charge on any atom is 0.245 e. The van der Waals surface area contributed by atoms with Crippen molar-refractivity contribution in [3.05, 3.63) is 83.9 Å². The van der Waals surface area contributed by atoms with Crippen molar-refractivity contribution in [1.82, 2.24) is 15.5 Å². The first-order valence-corrected chi connectivity index (χ1v) is 25.6. The molecule has 3 saturated carbocycles. The fourth-order valence-corrected chi connectivity index (χ4v) is 12.2. The molecule has 356 valence electrons. The van der Waals surface area contributed by atoms with Gasteiger partial charge < -0.3 is 35.8 Å². The lowest BCUT2D eigenvalue weighted by Crippen LogP contribution is -2.56. The second kappa shape index (κ2) is 20.9. The van der Waals surface area contributed by atoms with Crippen molar-refractivity contribution < 1.29 is 28.0 Å². The lowest BCUT2D eigenvalue weighted by atomic mass is 9.70. The Balaban J connectivity index is 0.995. The summed E-state index contributed by atoms with van der Waals surface area (Å²) in [4.78, 5) is 57.4. The van der Waals surface area contributed by atoms with Crippen LogP contribution in [0.4, 0.5) is 0 Å². The number of carbonyl (C=O) groups is 4. The fourth-order valence-electron chi connectivity index (χ4n) is 12.2. The molecular weight excluding hydrogens is 839 g/mol. The topological polar surface area (TPSA) is 174 Å². The lowest BCUT2D eigenvalue weighted by molar-refractivity contribution is -0.139. The summed E-state index contributed by atoms with van der Waals surface area (Å²) in [6.45, 7) is 4.01. The Hall–Kier alpha value is -5.26. The van der Waals surface area contributed by atoms with Crippen molar-refractivity contribution in [1.29, 1.82) is 0 Å². The molecular formula is C56H71N5O6. The Morgan fingerprint density at radius 2 is 1.06 bits per heavy atom. The van der Waals surface area contributed by atoms with Crippen LogP contribution >= 0.6 is 0 Å². The first-order chi connectivity index (χ1) is 32.5. The molecule has 11 heteroatoms. The molecule has 11 nitrogen and oxygen atoms in total. The molecule has 67 heavy (non-hydrogen) atoms. The van der Waals surface area contributed by atoms with Gasteiger partial charge >= 0.3 is 0 Å². The van der Waals surface area contributed by atoms with Gasteiger partial charge in [0.25, 0.3) is 0 Å². The minimum Gasteiger partial charge on any atom is -0.456 e. The van der Waals surface area contributed by atoms with Gasteiger partial charge in [0.15, 0.2) is 5.78 Å². The van der Waals surface area contributed by atoms with Gasteiger partial charge in [0.2, 0.25) is 17.7 Å². The zero-order valence-corrected chi connectivity index (χ0v) is 39.6. The molecule has 0 spiro atoms. The van der Waals surface area contributed by atoms with E-state index in [2.05, 4.69) is 53.1 Å². The van der Waals surface area contributed by atoms with Gasteiger partial charge in [-0.1, -0.05) is 112 Å². The second-order valence-corrected chi connectivity index (χ2v) is 20.5. The highest BCUT2D eigenvalue weighted by Gasteiger charge is 2.41. The summed E-state index contributed by atoms with van der Waals surface area (Å²) in [6.07, 6.45) is 17.3. The lowest BCUT2D eigenvalue weighted by Gasteiger charge is -2.37. The highest BCUT2D eigenvalue weighted by atomic mass is 16.3. The van der Waals surface area contributed by atoms with Crippen molar-refractivity contribution in [3.8, 4) is 22.6 Å². The number of rotatable bonds is 15. The predicted octanol–water partition coefficient (Wildman–Crippen LogP) is 9.79. The summed E-state index contributed by atoms with van der Waals surface area (Å²) in [5.74, 6) is 1.43. The molecule has 6 N–H and O–H groups in total. The number of nitrogens with one attached hydrogen (secondary N) is 2. The molecule has 5 aromatic rings.